The second-order valence-electron chi connectivity index (χ2n) is 5.17. The lowest BCUT2D eigenvalue weighted by atomic mass is 9.97. The molecule has 1 unspecified atom stereocenters. The lowest BCUT2D eigenvalue weighted by Gasteiger charge is -2.15. The van der Waals surface area contributed by atoms with Gasteiger partial charge in [0.25, 0.3) is 0 Å². The topological polar surface area (TPSA) is 51.8 Å². The molecule has 0 aliphatic carbocycles. The quantitative estimate of drug-likeness (QED) is 0.824. The molecule has 0 aromatic carbocycles. The highest BCUT2D eigenvalue weighted by molar-refractivity contribution is 5.24. The molecule has 0 amide bonds. The van der Waals surface area contributed by atoms with E-state index in [1.165, 1.54) is 18.4 Å². The van der Waals surface area contributed by atoms with E-state index in [-0.39, 0.29) is 6.04 Å². The predicted molar refractivity (Wildman–Crippen MR) is 71.8 cm³/mol. The average molecular weight is 235 g/mol. The molecule has 96 valence electrons. The van der Waals surface area contributed by atoms with Crippen LogP contribution in [0.4, 0.5) is 0 Å². The van der Waals surface area contributed by atoms with Gasteiger partial charge in [-0.15, -0.1) is 0 Å². The number of nitrogens with zero attached hydrogens (tertiary/aromatic N) is 2. The summed E-state index contributed by atoms with van der Waals surface area (Å²) in [5.41, 5.74) is 9.45. The summed E-state index contributed by atoms with van der Waals surface area (Å²) in [5, 5.41) is 8.33. The third-order valence-electron chi connectivity index (χ3n) is 3.06. The minimum absolute atomic E-state index is 0.109. The van der Waals surface area contributed by atoms with Crippen molar-refractivity contribution < 1.29 is 0 Å². The van der Waals surface area contributed by atoms with E-state index in [2.05, 4.69) is 37.0 Å². The second kappa shape index (κ2) is 6.70. The Morgan fingerprint density at radius 3 is 2.53 bits per heavy atom. The van der Waals surface area contributed by atoms with Crippen molar-refractivity contribution in [2.45, 2.75) is 59.4 Å². The van der Waals surface area contributed by atoms with Gasteiger partial charge in [0, 0.05) is 6.04 Å². The van der Waals surface area contributed by atoms with Gasteiger partial charge in [0.05, 0.1) is 11.4 Å². The largest absolute Gasteiger partial charge is 0.324 e. The van der Waals surface area contributed by atoms with E-state index in [0.717, 1.165) is 30.1 Å². The summed E-state index contributed by atoms with van der Waals surface area (Å²) in [6.45, 7) is 8.57. The van der Waals surface area contributed by atoms with Crippen molar-refractivity contribution in [1.29, 1.82) is 0 Å². The van der Waals surface area contributed by atoms with E-state index in [9.17, 15) is 0 Å². The van der Waals surface area contributed by atoms with Crippen molar-refractivity contribution in [1.82, 2.24) is 10.2 Å². The van der Waals surface area contributed by atoms with Crippen molar-refractivity contribution in [3.05, 3.63) is 23.0 Å². The summed E-state index contributed by atoms with van der Waals surface area (Å²) in [6.07, 6.45) is 4.37. The van der Waals surface area contributed by atoms with Gasteiger partial charge < -0.3 is 5.73 Å². The third-order valence-corrected chi connectivity index (χ3v) is 3.06. The van der Waals surface area contributed by atoms with Crippen molar-refractivity contribution in [2.75, 3.05) is 0 Å². The van der Waals surface area contributed by atoms with Crippen molar-refractivity contribution >= 4 is 0 Å². The Labute approximate surface area is 105 Å². The Morgan fingerprint density at radius 1 is 1.24 bits per heavy atom. The minimum atomic E-state index is 0.109. The van der Waals surface area contributed by atoms with E-state index >= 15 is 0 Å². The van der Waals surface area contributed by atoms with Gasteiger partial charge in [0.15, 0.2) is 0 Å². The maximum absolute atomic E-state index is 6.26. The van der Waals surface area contributed by atoms with Gasteiger partial charge in [-0.25, -0.2) is 0 Å². The summed E-state index contributed by atoms with van der Waals surface area (Å²) in [4.78, 5) is 0. The zero-order chi connectivity index (χ0) is 12.8. The van der Waals surface area contributed by atoms with Crippen molar-refractivity contribution in [3.63, 3.8) is 0 Å². The molecule has 0 fully saturated rings. The number of nitrogens with two attached hydrogens (primary N) is 1. The fourth-order valence-electron chi connectivity index (χ4n) is 2.03. The first kappa shape index (κ1) is 14.1. The molecule has 0 saturated carbocycles. The summed E-state index contributed by atoms with van der Waals surface area (Å²) in [7, 11) is 0. The van der Waals surface area contributed by atoms with E-state index in [1.54, 1.807) is 0 Å². The molecule has 1 rings (SSSR count). The minimum Gasteiger partial charge on any atom is -0.324 e. The van der Waals surface area contributed by atoms with Gasteiger partial charge in [-0.05, 0) is 37.3 Å². The Kier molecular flexibility index (Phi) is 5.56. The van der Waals surface area contributed by atoms with Crippen LogP contribution >= 0.6 is 0 Å². The van der Waals surface area contributed by atoms with Gasteiger partial charge in [0.2, 0.25) is 0 Å². The zero-order valence-electron chi connectivity index (χ0n) is 11.5. The maximum atomic E-state index is 6.26. The van der Waals surface area contributed by atoms with Crippen LogP contribution < -0.4 is 5.73 Å². The van der Waals surface area contributed by atoms with Gasteiger partial charge in [-0.1, -0.05) is 33.6 Å². The monoisotopic (exact) mass is 235 g/mol. The normalized spacial score (nSPS) is 13.1. The van der Waals surface area contributed by atoms with Crippen LogP contribution in [0.1, 0.15) is 63.0 Å². The Balaban J connectivity index is 2.66. The predicted octanol–water partition coefficient (Wildman–Crippen LogP) is 3.17. The van der Waals surface area contributed by atoms with Crippen LogP contribution in [0, 0.1) is 12.8 Å². The lowest BCUT2D eigenvalue weighted by molar-refractivity contribution is 0.502. The fourth-order valence-corrected chi connectivity index (χ4v) is 2.03. The van der Waals surface area contributed by atoms with Crippen LogP contribution in [0.3, 0.4) is 0 Å². The van der Waals surface area contributed by atoms with E-state index in [1.807, 2.05) is 6.92 Å². The molecule has 17 heavy (non-hydrogen) atoms. The summed E-state index contributed by atoms with van der Waals surface area (Å²) < 4.78 is 0. The summed E-state index contributed by atoms with van der Waals surface area (Å²) in [6, 6.07) is 2.20. The number of hydrogen-bond acceptors (Lipinski definition) is 3. The molecule has 0 radical (unpaired) electrons. The van der Waals surface area contributed by atoms with Crippen LogP contribution in [0.5, 0.6) is 0 Å². The second-order valence-corrected chi connectivity index (χ2v) is 5.17. The molecule has 1 aromatic rings. The van der Waals surface area contributed by atoms with Crippen LogP contribution in [0.25, 0.3) is 0 Å². The molecule has 1 atom stereocenters. The fraction of sp³-hybridized carbons (Fsp3) is 0.714. The molecule has 0 bridgehead atoms. The van der Waals surface area contributed by atoms with Crippen LogP contribution in [0.2, 0.25) is 0 Å². The summed E-state index contributed by atoms with van der Waals surface area (Å²) >= 11 is 0. The number of hydrogen-bond donors (Lipinski definition) is 1. The smallest absolute Gasteiger partial charge is 0.0676 e. The molecule has 1 aromatic heterocycles. The SMILES string of the molecule is CCc1nnc(C)cc1C(N)CCCC(C)C. The molecular formula is C14H25N3. The Morgan fingerprint density at radius 2 is 1.94 bits per heavy atom. The molecule has 0 saturated heterocycles. The van der Waals surface area contributed by atoms with E-state index in [0.29, 0.717) is 0 Å². The van der Waals surface area contributed by atoms with Crippen molar-refractivity contribution in [3.8, 4) is 0 Å². The molecule has 0 spiro atoms. The van der Waals surface area contributed by atoms with E-state index in [4.69, 9.17) is 5.73 Å². The van der Waals surface area contributed by atoms with Crippen LogP contribution in [-0.4, -0.2) is 10.2 Å². The first-order valence-electron chi connectivity index (χ1n) is 6.63. The first-order valence-corrected chi connectivity index (χ1v) is 6.63. The zero-order valence-corrected chi connectivity index (χ0v) is 11.5. The maximum Gasteiger partial charge on any atom is 0.0676 e. The molecular weight excluding hydrogens is 210 g/mol. The van der Waals surface area contributed by atoms with Gasteiger partial charge >= 0.3 is 0 Å². The molecule has 2 N–H and O–H groups in total. The molecule has 0 aliphatic rings. The standard InChI is InChI=1S/C14H25N3/c1-5-14-12(9-11(4)16-17-14)13(15)8-6-7-10(2)3/h9-10,13H,5-8,15H2,1-4H3. The van der Waals surface area contributed by atoms with Gasteiger partial charge in [-0.2, -0.15) is 10.2 Å². The lowest BCUT2D eigenvalue weighted by Crippen LogP contribution is -2.15. The van der Waals surface area contributed by atoms with Gasteiger partial charge in [0.1, 0.15) is 0 Å². The van der Waals surface area contributed by atoms with Crippen LogP contribution in [0.15, 0.2) is 6.07 Å². The number of aromatic nitrogens is 2. The van der Waals surface area contributed by atoms with Gasteiger partial charge in [-0.3, -0.25) is 0 Å². The first-order chi connectivity index (χ1) is 8.04. The highest BCUT2D eigenvalue weighted by Crippen LogP contribution is 2.21. The number of rotatable bonds is 6. The highest BCUT2D eigenvalue weighted by atomic mass is 15.1. The Bertz CT molecular complexity index is 347. The third kappa shape index (κ3) is 4.43. The Hall–Kier alpha value is -0.960. The molecule has 3 nitrogen and oxygen atoms in total. The van der Waals surface area contributed by atoms with E-state index < -0.39 is 0 Å². The van der Waals surface area contributed by atoms with Crippen LogP contribution in [-0.2, 0) is 6.42 Å². The molecule has 3 heteroatoms. The number of aryl methyl sites for hydroxylation is 2. The molecule has 1 heterocycles. The van der Waals surface area contributed by atoms with Crippen molar-refractivity contribution in [2.24, 2.45) is 11.7 Å². The summed E-state index contributed by atoms with van der Waals surface area (Å²) in [5.74, 6) is 0.755. The highest BCUT2D eigenvalue weighted by Gasteiger charge is 2.12. The molecule has 0 aliphatic heterocycles. The average Bonchev–Trinajstić information content (AvgIpc) is 2.28.